The average molecular weight is 205 g/mol. The van der Waals surface area contributed by atoms with Gasteiger partial charge in [0.05, 0.1) is 10.2 Å². The topological polar surface area (TPSA) is 52.0 Å². The Bertz CT molecular complexity index is 235. The summed E-state index contributed by atoms with van der Waals surface area (Å²) in [5.41, 5.74) is 11.0. The van der Waals surface area contributed by atoms with Gasteiger partial charge in [-0.2, -0.15) is 0 Å². The Labute approximate surface area is 66.1 Å². The first-order valence-electron chi connectivity index (χ1n) is 2.62. The van der Waals surface area contributed by atoms with Crippen molar-refractivity contribution in [3.8, 4) is 0 Å². The van der Waals surface area contributed by atoms with E-state index in [4.69, 9.17) is 11.5 Å². The minimum absolute atomic E-state index is 0.0982. The largest absolute Gasteiger partial charge is 0.398 e. The first-order chi connectivity index (χ1) is 4.63. The maximum Gasteiger partial charge on any atom is 0.162 e. The van der Waals surface area contributed by atoms with E-state index in [1.807, 2.05) is 0 Å². The van der Waals surface area contributed by atoms with Gasteiger partial charge in [0, 0.05) is 5.69 Å². The van der Waals surface area contributed by atoms with E-state index in [1.165, 1.54) is 6.07 Å². The molecule has 0 spiro atoms. The molecule has 1 aromatic rings. The SMILES string of the molecule is Nc1ccc(N)c(Br)c1F. The Balaban J connectivity index is 3.34. The molecular formula is C6H6BrFN2. The van der Waals surface area contributed by atoms with Crippen LogP contribution in [0.25, 0.3) is 0 Å². The lowest BCUT2D eigenvalue weighted by Gasteiger charge is -2.00. The molecule has 0 fully saturated rings. The van der Waals surface area contributed by atoms with Crippen molar-refractivity contribution in [1.29, 1.82) is 0 Å². The van der Waals surface area contributed by atoms with Crippen LogP contribution in [0.1, 0.15) is 0 Å². The maximum atomic E-state index is 12.7. The molecule has 0 aliphatic rings. The quantitative estimate of drug-likeness (QED) is 0.634. The van der Waals surface area contributed by atoms with E-state index in [1.54, 1.807) is 6.07 Å². The van der Waals surface area contributed by atoms with Crippen LogP contribution in [0.5, 0.6) is 0 Å². The summed E-state index contributed by atoms with van der Waals surface area (Å²) in [6, 6.07) is 2.97. The minimum atomic E-state index is -0.500. The number of rotatable bonds is 0. The lowest BCUT2D eigenvalue weighted by molar-refractivity contribution is 0.627. The zero-order valence-electron chi connectivity index (χ0n) is 5.07. The van der Waals surface area contributed by atoms with Crippen LogP contribution in [-0.4, -0.2) is 0 Å². The van der Waals surface area contributed by atoms with E-state index in [-0.39, 0.29) is 10.2 Å². The molecular weight excluding hydrogens is 199 g/mol. The first-order valence-corrected chi connectivity index (χ1v) is 3.41. The molecule has 54 valence electrons. The Morgan fingerprint density at radius 1 is 1.20 bits per heavy atom. The van der Waals surface area contributed by atoms with Crippen molar-refractivity contribution < 1.29 is 4.39 Å². The second kappa shape index (κ2) is 2.46. The van der Waals surface area contributed by atoms with Crippen LogP contribution in [0, 0.1) is 5.82 Å². The smallest absolute Gasteiger partial charge is 0.162 e. The van der Waals surface area contributed by atoms with Crippen molar-refractivity contribution in [3.05, 3.63) is 22.4 Å². The lowest BCUT2D eigenvalue weighted by Crippen LogP contribution is -1.95. The number of halogens is 2. The number of nitrogen functional groups attached to an aromatic ring is 2. The van der Waals surface area contributed by atoms with E-state index in [0.717, 1.165) is 0 Å². The van der Waals surface area contributed by atoms with Crippen LogP contribution >= 0.6 is 15.9 Å². The second-order valence-corrected chi connectivity index (χ2v) is 2.66. The number of benzene rings is 1. The zero-order chi connectivity index (χ0) is 7.72. The van der Waals surface area contributed by atoms with Crippen molar-refractivity contribution in [1.82, 2.24) is 0 Å². The standard InChI is InChI=1S/C6H6BrFN2/c7-5-3(9)1-2-4(10)6(5)8/h1-2H,9-10H2. The highest BCUT2D eigenvalue weighted by molar-refractivity contribution is 9.10. The fourth-order valence-electron chi connectivity index (χ4n) is 0.579. The molecule has 0 saturated carbocycles. The summed E-state index contributed by atoms with van der Waals surface area (Å²) in [4.78, 5) is 0. The molecule has 10 heavy (non-hydrogen) atoms. The molecule has 2 nitrogen and oxygen atoms in total. The summed E-state index contributed by atoms with van der Waals surface area (Å²) in [5.74, 6) is -0.500. The van der Waals surface area contributed by atoms with E-state index >= 15 is 0 Å². The van der Waals surface area contributed by atoms with Gasteiger partial charge in [0.15, 0.2) is 5.82 Å². The molecule has 0 aliphatic heterocycles. The third-order valence-electron chi connectivity index (χ3n) is 1.14. The molecule has 0 aliphatic carbocycles. The first kappa shape index (κ1) is 7.34. The number of hydrogen-bond acceptors (Lipinski definition) is 2. The predicted octanol–water partition coefficient (Wildman–Crippen LogP) is 1.75. The van der Waals surface area contributed by atoms with E-state index in [0.29, 0.717) is 5.69 Å². The molecule has 1 rings (SSSR count). The molecule has 4 heteroatoms. The predicted molar refractivity (Wildman–Crippen MR) is 42.9 cm³/mol. The van der Waals surface area contributed by atoms with Crippen molar-refractivity contribution in [2.75, 3.05) is 11.5 Å². The fourth-order valence-corrected chi connectivity index (χ4v) is 0.940. The van der Waals surface area contributed by atoms with Gasteiger partial charge >= 0.3 is 0 Å². The van der Waals surface area contributed by atoms with Crippen LogP contribution in [0.15, 0.2) is 16.6 Å². The average Bonchev–Trinajstić information content (AvgIpc) is 1.93. The Morgan fingerprint density at radius 3 is 2.20 bits per heavy atom. The van der Waals surface area contributed by atoms with Crippen LogP contribution < -0.4 is 11.5 Å². The van der Waals surface area contributed by atoms with Gasteiger partial charge in [-0.05, 0) is 28.1 Å². The highest BCUT2D eigenvalue weighted by Gasteiger charge is 2.05. The third kappa shape index (κ3) is 1.07. The van der Waals surface area contributed by atoms with Crippen molar-refractivity contribution in [3.63, 3.8) is 0 Å². The van der Waals surface area contributed by atoms with Gasteiger partial charge in [0.2, 0.25) is 0 Å². The van der Waals surface area contributed by atoms with Gasteiger partial charge in [-0.25, -0.2) is 4.39 Å². The van der Waals surface area contributed by atoms with Gasteiger partial charge in [0.25, 0.3) is 0 Å². The normalized spacial score (nSPS) is 9.80. The summed E-state index contributed by atoms with van der Waals surface area (Å²) in [5, 5.41) is 0. The van der Waals surface area contributed by atoms with Gasteiger partial charge in [-0.15, -0.1) is 0 Å². The highest BCUT2D eigenvalue weighted by atomic mass is 79.9. The molecule has 0 aromatic heterocycles. The zero-order valence-corrected chi connectivity index (χ0v) is 6.65. The Kier molecular flexibility index (Phi) is 1.80. The fraction of sp³-hybridized carbons (Fsp3) is 0. The molecule has 0 saturated heterocycles. The summed E-state index contributed by atoms with van der Waals surface area (Å²) in [6.45, 7) is 0. The molecule has 0 heterocycles. The number of anilines is 2. The highest BCUT2D eigenvalue weighted by Crippen LogP contribution is 2.26. The monoisotopic (exact) mass is 204 g/mol. The van der Waals surface area contributed by atoms with E-state index in [2.05, 4.69) is 15.9 Å². The van der Waals surface area contributed by atoms with Crippen molar-refractivity contribution in [2.45, 2.75) is 0 Å². The van der Waals surface area contributed by atoms with Gasteiger partial charge < -0.3 is 11.5 Å². The van der Waals surface area contributed by atoms with Gasteiger partial charge in [-0.3, -0.25) is 0 Å². The molecule has 1 aromatic carbocycles. The molecule has 0 radical (unpaired) electrons. The van der Waals surface area contributed by atoms with Crippen LogP contribution in [0.2, 0.25) is 0 Å². The number of hydrogen-bond donors (Lipinski definition) is 2. The third-order valence-corrected chi connectivity index (χ3v) is 1.95. The summed E-state index contributed by atoms with van der Waals surface area (Å²) >= 11 is 2.95. The summed E-state index contributed by atoms with van der Waals surface area (Å²) < 4.78 is 13.0. The summed E-state index contributed by atoms with van der Waals surface area (Å²) in [6.07, 6.45) is 0. The Morgan fingerprint density at radius 2 is 1.70 bits per heavy atom. The lowest BCUT2D eigenvalue weighted by atomic mass is 10.3. The van der Waals surface area contributed by atoms with E-state index < -0.39 is 5.82 Å². The summed E-state index contributed by atoms with van der Waals surface area (Å²) in [7, 11) is 0. The molecule has 4 N–H and O–H groups in total. The Hall–Kier alpha value is -0.770. The van der Waals surface area contributed by atoms with Gasteiger partial charge in [0.1, 0.15) is 0 Å². The van der Waals surface area contributed by atoms with Crippen molar-refractivity contribution in [2.24, 2.45) is 0 Å². The van der Waals surface area contributed by atoms with Crippen LogP contribution in [-0.2, 0) is 0 Å². The molecule has 0 unspecified atom stereocenters. The van der Waals surface area contributed by atoms with Gasteiger partial charge in [-0.1, -0.05) is 0 Å². The van der Waals surface area contributed by atoms with Crippen LogP contribution in [0.4, 0.5) is 15.8 Å². The maximum absolute atomic E-state index is 12.7. The van der Waals surface area contributed by atoms with Crippen LogP contribution in [0.3, 0.4) is 0 Å². The second-order valence-electron chi connectivity index (χ2n) is 1.87. The molecule has 0 bridgehead atoms. The van der Waals surface area contributed by atoms with Crippen molar-refractivity contribution >= 4 is 27.3 Å². The molecule has 0 atom stereocenters. The minimum Gasteiger partial charge on any atom is -0.398 e. The number of nitrogens with two attached hydrogens (primary N) is 2. The molecule has 0 amide bonds. The van der Waals surface area contributed by atoms with E-state index in [9.17, 15) is 4.39 Å².